The molecule has 0 heterocycles. The smallest absolute Gasteiger partial charge is 0.457 e. The first-order valence-corrected chi connectivity index (χ1v) is 18.4. The van der Waals surface area contributed by atoms with Crippen LogP contribution < -0.4 is 5.73 Å². The third-order valence-electron chi connectivity index (χ3n) is 6.37. The Morgan fingerprint density at radius 2 is 1.24 bits per heavy atom. The topological polar surface area (TPSA) is 117 Å². The summed E-state index contributed by atoms with van der Waals surface area (Å²) in [5.41, 5.74) is 5.33. The molecule has 0 aromatic heterocycles. The SMILES string of the molecule is CC/C=C\C/C=C\C/C=C\C/C=C\C/C=C\CC(=O)OC(COCCCCCCCC/C=C\CCC)COP(=O)(O)OCCN. The van der Waals surface area contributed by atoms with Gasteiger partial charge in [0.2, 0.25) is 0 Å². The van der Waals surface area contributed by atoms with E-state index in [0.717, 1.165) is 57.8 Å². The summed E-state index contributed by atoms with van der Waals surface area (Å²) in [4.78, 5) is 22.2. The van der Waals surface area contributed by atoms with Crippen LogP contribution in [0.3, 0.4) is 0 Å². The fourth-order valence-corrected chi connectivity index (χ4v) is 4.72. The molecule has 0 aliphatic heterocycles. The maximum atomic E-state index is 12.4. The van der Waals surface area contributed by atoms with Gasteiger partial charge >= 0.3 is 13.8 Å². The minimum absolute atomic E-state index is 0.0678. The molecule has 8 nitrogen and oxygen atoms in total. The molecule has 0 amide bonds. The van der Waals surface area contributed by atoms with Gasteiger partial charge in [0.05, 0.1) is 26.2 Å². The molecule has 2 unspecified atom stereocenters. The number of carbonyl (C=O) groups excluding carboxylic acids is 1. The van der Waals surface area contributed by atoms with E-state index in [0.29, 0.717) is 13.0 Å². The zero-order valence-electron chi connectivity index (χ0n) is 28.1. The van der Waals surface area contributed by atoms with Crippen LogP contribution >= 0.6 is 7.82 Å². The number of ether oxygens (including phenoxy) is 2. The Labute approximate surface area is 274 Å². The number of unbranched alkanes of at least 4 members (excludes halogenated alkanes) is 7. The van der Waals surface area contributed by atoms with Crippen LogP contribution in [0.1, 0.15) is 110 Å². The van der Waals surface area contributed by atoms with E-state index in [1.807, 2.05) is 12.2 Å². The van der Waals surface area contributed by atoms with Crippen LogP contribution in [0, 0.1) is 0 Å². The Hall–Kier alpha value is -2.06. The fourth-order valence-electron chi connectivity index (χ4n) is 3.95. The van der Waals surface area contributed by atoms with Gasteiger partial charge in [0, 0.05) is 13.2 Å². The number of allylic oxidation sites excluding steroid dienone is 11. The molecule has 258 valence electrons. The van der Waals surface area contributed by atoms with Gasteiger partial charge in [-0.1, -0.05) is 119 Å². The highest BCUT2D eigenvalue weighted by molar-refractivity contribution is 7.47. The molecule has 3 N–H and O–H groups in total. The van der Waals surface area contributed by atoms with Crippen molar-refractivity contribution in [1.29, 1.82) is 0 Å². The average molecular weight is 652 g/mol. The number of rotatable bonds is 31. The van der Waals surface area contributed by atoms with Gasteiger partial charge in [-0.3, -0.25) is 13.8 Å². The van der Waals surface area contributed by atoms with Crippen molar-refractivity contribution in [3.63, 3.8) is 0 Å². The Morgan fingerprint density at radius 1 is 0.689 bits per heavy atom. The van der Waals surface area contributed by atoms with E-state index in [1.165, 1.54) is 25.7 Å². The molecule has 0 bridgehead atoms. The molecule has 0 fully saturated rings. The molecule has 0 rings (SSSR count). The highest BCUT2D eigenvalue weighted by Gasteiger charge is 2.25. The maximum Gasteiger partial charge on any atom is 0.472 e. The Balaban J connectivity index is 4.34. The predicted octanol–water partition coefficient (Wildman–Crippen LogP) is 9.24. The lowest BCUT2D eigenvalue weighted by molar-refractivity contribution is -0.153. The van der Waals surface area contributed by atoms with Crippen molar-refractivity contribution in [2.75, 3.05) is 33.0 Å². The number of carbonyl (C=O) groups is 1. The molecule has 0 aliphatic carbocycles. The van der Waals surface area contributed by atoms with Crippen LogP contribution in [0.15, 0.2) is 72.9 Å². The predicted molar refractivity (Wildman–Crippen MR) is 187 cm³/mol. The summed E-state index contributed by atoms with van der Waals surface area (Å²) in [7, 11) is -4.29. The maximum absolute atomic E-state index is 12.4. The second-order valence-electron chi connectivity index (χ2n) is 10.7. The quantitative estimate of drug-likeness (QED) is 0.0330. The van der Waals surface area contributed by atoms with E-state index in [-0.39, 0.29) is 32.8 Å². The molecule has 9 heteroatoms. The lowest BCUT2D eigenvalue weighted by atomic mass is 10.1. The first-order chi connectivity index (χ1) is 21.9. The van der Waals surface area contributed by atoms with Crippen molar-refractivity contribution >= 4 is 13.8 Å². The third-order valence-corrected chi connectivity index (χ3v) is 7.36. The van der Waals surface area contributed by atoms with Crippen LogP contribution in [0.25, 0.3) is 0 Å². The Morgan fingerprint density at radius 3 is 1.84 bits per heavy atom. The van der Waals surface area contributed by atoms with Crippen molar-refractivity contribution in [2.45, 2.75) is 116 Å². The van der Waals surface area contributed by atoms with Gasteiger partial charge in [-0.2, -0.15) is 0 Å². The lowest BCUT2D eigenvalue weighted by Gasteiger charge is -2.19. The lowest BCUT2D eigenvalue weighted by Crippen LogP contribution is -2.28. The monoisotopic (exact) mass is 651 g/mol. The van der Waals surface area contributed by atoms with Crippen molar-refractivity contribution in [1.82, 2.24) is 0 Å². The minimum atomic E-state index is -4.29. The van der Waals surface area contributed by atoms with Gasteiger partial charge in [-0.25, -0.2) is 4.57 Å². The zero-order chi connectivity index (χ0) is 33.1. The highest BCUT2D eigenvalue weighted by atomic mass is 31.2. The molecule has 0 aromatic rings. The van der Waals surface area contributed by atoms with Crippen molar-refractivity contribution < 1.29 is 32.8 Å². The van der Waals surface area contributed by atoms with E-state index in [4.69, 9.17) is 24.3 Å². The van der Waals surface area contributed by atoms with Gasteiger partial charge in [0.1, 0.15) is 6.10 Å². The third kappa shape index (κ3) is 33.1. The summed E-state index contributed by atoms with van der Waals surface area (Å²) in [6.07, 6.45) is 39.4. The van der Waals surface area contributed by atoms with Gasteiger partial charge in [-0.05, 0) is 57.8 Å². The second kappa shape index (κ2) is 33.3. The molecule has 0 spiro atoms. The van der Waals surface area contributed by atoms with Crippen LogP contribution in [-0.4, -0.2) is 49.9 Å². The molecule has 0 aliphatic rings. The molecule has 0 saturated carbocycles. The van der Waals surface area contributed by atoms with Crippen LogP contribution in [0.2, 0.25) is 0 Å². The Kier molecular flexibility index (Phi) is 31.8. The number of nitrogens with two attached hydrogens (primary N) is 1. The summed E-state index contributed by atoms with van der Waals surface area (Å²) in [6, 6.07) is 0. The van der Waals surface area contributed by atoms with Crippen LogP contribution in [0.5, 0.6) is 0 Å². The van der Waals surface area contributed by atoms with Crippen LogP contribution in [0.4, 0.5) is 0 Å². The first kappa shape index (κ1) is 42.9. The van der Waals surface area contributed by atoms with Crippen molar-refractivity contribution in [3.8, 4) is 0 Å². The number of hydrogen-bond acceptors (Lipinski definition) is 7. The number of hydrogen-bond donors (Lipinski definition) is 2. The molecular formula is C36H62NO7P. The normalized spacial score (nSPS) is 14.7. The van der Waals surface area contributed by atoms with E-state index in [1.54, 1.807) is 6.08 Å². The first-order valence-electron chi connectivity index (χ1n) is 16.9. The van der Waals surface area contributed by atoms with E-state index >= 15 is 0 Å². The largest absolute Gasteiger partial charge is 0.472 e. The standard InChI is InChI=1S/C36H62NO7P/c1-3-5-7-9-11-13-15-16-17-18-19-21-23-25-27-29-36(38)44-35(34-43-45(39,40)42-32-30-37)33-41-31-28-26-24-22-20-14-12-10-8-6-4-2/h5,7-8,10-11,13,16-17,19,21,25,27,35H,3-4,6,9,12,14-15,18,20,22-24,26,28-34,37H2,1-2H3,(H,39,40)/b7-5-,10-8-,13-11-,17-16-,21-19-,27-25-. The number of phosphoric ester groups is 1. The summed E-state index contributed by atoms with van der Waals surface area (Å²) in [5.74, 6) is -0.464. The van der Waals surface area contributed by atoms with Crippen molar-refractivity contribution in [3.05, 3.63) is 72.9 Å². The number of esters is 1. The van der Waals surface area contributed by atoms with Gasteiger partial charge < -0.3 is 20.1 Å². The molecule has 0 aromatic carbocycles. The molecule has 2 atom stereocenters. The molecule has 45 heavy (non-hydrogen) atoms. The Bertz CT molecular complexity index is 911. The molecule has 0 radical (unpaired) electrons. The van der Waals surface area contributed by atoms with E-state index in [2.05, 4.69) is 68.5 Å². The summed E-state index contributed by atoms with van der Waals surface area (Å²) in [5, 5.41) is 0. The molecule has 0 saturated heterocycles. The summed E-state index contributed by atoms with van der Waals surface area (Å²) >= 11 is 0. The fraction of sp³-hybridized carbons (Fsp3) is 0.639. The van der Waals surface area contributed by atoms with E-state index < -0.39 is 19.9 Å². The van der Waals surface area contributed by atoms with Crippen molar-refractivity contribution in [2.24, 2.45) is 5.73 Å². The second-order valence-corrected chi connectivity index (χ2v) is 12.1. The number of phosphoric acid groups is 1. The van der Waals surface area contributed by atoms with E-state index in [9.17, 15) is 14.3 Å². The minimum Gasteiger partial charge on any atom is -0.457 e. The summed E-state index contributed by atoms with van der Waals surface area (Å²) < 4.78 is 33.0. The zero-order valence-corrected chi connectivity index (χ0v) is 29.0. The average Bonchev–Trinajstić information content (AvgIpc) is 3.02. The van der Waals surface area contributed by atoms with Gasteiger partial charge in [0.25, 0.3) is 0 Å². The summed E-state index contributed by atoms with van der Waals surface area (Å²) in [6.45, 7) is 4.56. The molecular weight excluding hydrogens is 589 g/mol. The van der Waals surface area contributed by atoms with Gasteiger partial charge in [0.15, 0.2) is 0 Å². The van der Waals surface area contributed by atoms with Crippen LogP contribution in [-0.2, 0) is 27.9 Å². The van der Waals surface area contributed by atoms with Gasteiger partial charge in [-0.15, -0.1) is 0 Å². The highest BCUT2D eigenvalue weighted by Crippen LogP contribution is 2.43.